The van der Waals surface area contributed by atoms with Crippen molar-refractivity contribution in [2.45, 2.75) is 12.8 Å². The Morgan fingerprint density at radius 1 is 1.00 bits per heavy atom. The van der Waals surface area contributed by atoms with Crippen LogP contribution in [0.1, 0.15) is 12.8 Å². The molecular formula is C4H8BrMgO+. The summed E-state index contributed by atoms with van der Waals surface area (Å²) in [6, 6.07) is 0. The first-order valence-electron chi connectivity index (χ1n) is 2.08. The van der Waals surface area contributed by atoms with Gasteiger partial charge in [-0.2, -0.15) is 0 Å². The second-order valence-electron chi connectivity index (χ2n) is 1.32. The molecule has 0 amide bonds. The molecule has 1 fully saturated rings. The van der Waals surface area contributed by atoms with Crippen LogP contribution in [-0.4, -0.2) is 36.3 Å². The van der Waals surface area contributed by atoms with E-state index in [9.17, 15) is 0 Å². The van der Waals surface area contributed by atoms with Gasteiger partial charge >= 0.3 is 23.1 Å². The van der Waals surface area contributed by atoms with Gasteiger partial charge in [0.1, 0.15) is 0 Å². The van der Waals surface area contributed by atoms with E-state index >= 15 is 0 Å². The largest absolute Gasteiger partial charge is 2.00 e. The molecule has 3 heteroatoms. The van der Waals surface area contributed by atoms with E-state index in [1.165, 1.54) is 12.8 Å². The molecule has 1 saturated heterocycles. The van der Waals surface area contributed by atoms with Gasteiger partial charge in [-0.1, -0.05) is 0 Å². The van der Waals surface area contributed by atoms with Crippen LogP contribution in [0.25, 0.3) is 0 Å². The first kappa shape index (κ1) is 11.1. The quantitative estimate of drug-likeness (QED) is 0.368. The first-order valence-corrected chi connectivity index (χ1v) is 2.08. The van der Waals surface area contributed by atoms with Crippen LogP contribution < -0.4 is 17.0 Å². The van der Waals surface area contributed by atoms with Crippen LogP contribution in [0.3, 0.4) is 0 Å². The third-order valence-corrected chi connectivity index (χ3v) is 0.827. The third kappa shape index (κ3) is 5.07. The Labute approximate surface area is 70.7 Å². The summed E-state index contributed by atoms with van der Waals surface area (Å²) < 4.78 is 4.94. The molecule has 1 rings (SSSR count). The maximum atomic E-state index is 4.94. The van der Waals surface area contributed by atoms with Crippen molar-refractivity contribution < 1.29 is 21.7 Å². The fourth-order valence-electron chi connectivity index (χ4n) is 0.510. The molecule has 0 aliphatic carbocycles. The summed E-state index contributed by atoms with van der Waals surface area (Å²) >= 11 is 0. The smallest absolute Gasteiger partial charge is 1.00 e. The van der Waals surface area contributed by atoms with Crippen LogP contribution in [0, 0.1) is 0 Å². The topological polar surface area (TPSA) is 9.23 Å². The van der Waals surface area contributed by atoms with Crippen molar-refractivity contribution in [1.29, 1.82) is 0 Å². The Morgan fingerprint density at radius 3 is 1.57 bits per heavy atom. The van der Waals surface area contributed by atoms with E-state index in [2.05, 4.69) is 0 Å². The van der Waals surface area contributed by atoms with Gasteiger partial charge in [0, 0.05) is 13.2 Å². The summed E-state index contributed by atoms with van der Waals surface area (Å²) in [6.07, 6.45) is 2.56. The second kappa shape index (κ2) is 7.21. The summed E-state index contributed by atoms with van der Waals surface area (Å²) in [5, 5.41) is 0. The molecule has 0 aromatic rings. The zero-order valence-corrected chi connectivity index (χ0v) is 7.32. The SMILES string of the molecule is C1CCOC1.[Br-].[Mg+2]. The molecule has 1 aliphatic heterocycles. The molecule has 0 spiro atoms. The molecule has 0 radical (unpaired) electrons. The molecule has 38 valence electrons. The number of hydrogen-bond acceptors (Lipinski definition) is 1. The Bertz CT molecular complexity index is 23.3. The minimum atomic E-state index is 0. The van der Waals surface area contributed by atoms with Gasteiger partial charge < -0.3 is 21.7 Å². The molecule has 1 heterocycles. The summed E-state index contributed by atoms with van der Waals surface area (Å²) in [6.45, 7) is 2.00. The van der Waals surface area contributed by atoms with Crippen LogP contribution in [0.2, 0.25) is 0 Å². The fraction of sp³-hybridized carbons (Fsp3) is 1.00. The van der Waals surface area contributed by atoms with Gasteiger partial charge in [-0.15, -0.1) is 0 Å². The number of halogens is 1. The van der Waals surface area contributed by atoms with Crippen molar-refractivity contribution >= 4 is 23.1 Å². The molecule has 0 atom stereocenters. The molecule has 1 nitrogen and oxygen atoms in total. The van der Waals surface area contributed by atoms with E-state index < -0.39 is 0 Å². The van der Waals surface area contributed by atoms with Gasteiger partial charge in [-0.25, -0.2) is 0 Å². The monoisotopic (exact) mass is 175 g/mol. The van der Waals surface area contributed by atoms with E-state index in [1.54, 1.807) is 0 Å². The standard InChI is InChI=1S/C4H8O.BrH.Mg/c1-2-4-5-3-1;;/h1-4H2;1H;/q;;+2/p-1. The van der Waals surface area contributed by atoms with Gasteiger partial charge in [-0.05, 0) is 12.8 Å². The van der Waals surface area contributed by atoms with Gasteiger partial charge in [0.2, 0.25) is 0 Å². The summed E-state index contributed by atoms with van der Waals surface area (Å²) in [7, 11) is 0. The molecule has 0 unspecified atom stereocenters. The average Bonchev–Trinajstić information content (AvgIpc) is 1.76. The van der Waals surface area contributed by atoms with Crippen molar-refractivity contribution in [1.82, 2.24) is 0 Å². The van der Waals surface area contributed by atoms with E-state index in [0.717, 1.165) is 13.2 Å². The molecule has 0 bridgehead atoms. The van der Waals surface area contributed by atoms with E-state index in [-0.39, 0.29) is 40.0 Å². The second-order valence-corrected chi connectivity index (χ2v) is 1.32. The van der Waals surface area contributed by atoms with E-state index in [1.807, 2.05) is 0 Å². The molecule has 0 aromatic heterocycles. The Hall–Kier alpha value is 1.21. The number of rotatable bonds is 0. The summed E-state index contributed by atoms with van der Waals surface area (Å²) in [4.78, 5) is 0. The van der Waals surface area contributed by atoms with Gasteiger partial charge in [0.15, 0.2) is 0 Å². The zero-order valence-electron chi connectivity index (χ0n) is 4.32. The van der Waals surface area contributed by atoms with Gasteiger partial charge in [0.25, 0.3) is 0 Å². The molecule has 7 heavy (non-hydrogen) atoms. The Morgan fingerprint density at radius 2 is 1.43 bits per heavy atom. The molecule has 0 aromatic carbocycles. The number of hydrogen-bond donors (Lipinski definition) is 0. The molecule has 0 N–H and O–H groups in total. The Kier molecular flexibility index (Phi) is 11.4. The van der Waals surface area contributed by atoms with Crippen molar-refractivity contribution in [3.63, 3.8) is 0 Å². The maximum absolute atomic E-state index is 4.94. The predicted molar refractivity (Wildman–Crippen MR) is 25.8 cm³/mol. The minimum Gasteiger partial charge on any atom is -1.00 e. The van der Waals surface area contributed by atoms with Crippen molar-refractivity contribution in [2.24, 2.45) is 0 Å². The van der Waals surface area contributed by atoms with Crippen molar-refractivity contribution in [3.8, 4) is 0 Å². The van der Waals surface area contributed by atoms with Crippen molar-refractivity contribution in [3.05, 3.63) is 0 Å². The maximum Gasteiger partial charge on any atom is 2.00 e. The van der Waals surface area contributed by atoms with E-state index in [4.69, 9.17) is 4.74 Å². The van der Waals surface area contributed by atoms with E-state index in [0.29, 0.717) is 0 Å². The molecule has 0 saturated carbocycles. The van der Waals surface area contributed by atoms with Gasteiger partial charge in [0.05, 0.1) is 0 Å². The number of ether oxygens (including phenoxy) is 1. The zero-order chi connectivity index (χ0) is 3.54. The van der Waals surface area contributed by atoms with Crippen LogP contribution in [0.15, 0.2) is 0 Å². The van der Waals surface area contributed by atoms with Gasteiger partial charge in [-0.3, -0.25) is 0 Å². The molecule has 1 aliphatic rings. The van der Waals surface area contributed by atoms with Crippen LogP contribution >= 0.6 is 0 Å². The summed E-state index contributed by atoms with van der Waals surface area (Å²) in [5.41, 5.74) is 0. The predicted octanol–water partition coefficient (Wildman–Crippen LogP) is -2.58. The summed E-state index contributed by atoms with van der Waals surface area (Å²) in [5.74, 6) is 0. The molecular weight excluding hydrogens is 168 g/mol. The minimum absolute atomic E-state index is 0. The average molecular weight is 176 g/mol. The van der Waals surface area contributed by atoms with Crippen molar-refractivity contribution in [2.75, 3.05) is 13.2 Å². The van der Waals surface area contributed by atoms with Crippen LogP contribution in [-0.2, 0) is 4.74 Å². The fourth-order valence-corrected chi connectivity index (χ4v) is 0.510. The van der Waals surface area contributed by atoms with Crippen LogP contribution in [0.4, 0.5) is 0 Å². The first-order chi connectivity index (χ1) is 2.50. The third-order valence-electron chi connectivity index (χ3n) is 0.827. The van der Waals surface area contributed by atoms with Crippen LogP contribution in [0.5, 0.6) is 0 Å². The Balaban J connectivity index is 0. The normalized spacial score (nSPS) is 17.1.